The fourth-order valence-electron chi connectivity index (χ4n) is 1.68. The minimum atomic E-state index is 0.213. The van der Waals surface area contributed by atoms with Gasteiger partial charge in [-0.05, 0) is 59.1 Å². The van der Waals surface area contributed by atoms with Crippen molar-refractivity contribution in [2.75, 3.05) is 5.32 Å². The van der Waals surface area contributed by atoms with Crippen molar-refractivity contribution in [2.24, 2.45) is 0 Å². The lowest BCUT2D eigenvalue weighted by Crippen LogP contribution is -2.08. The van der Waals surface area contributed by atoms with Gasteiger partial charge >= 0.3 is 0 Å². The van der Waals surface area contributed by atoms with Gasteiger partial charge in [0.15, 0.2) is 0 Å². The summed E-state index contributed by atoms with van der Waals surface area (Å²) in [5, 5.41) is 3.40. The van der Waals surface area contributed by atoms with Crippen LogP contribution in [0.3, 0.4) is 0 Å². The molecule has 0 aliphatic heterocycles. The van der Waals surface area contributed by atoms with E-state index >= 15 is 0 Å². The van der Waals surface area contributed by atoms with Gasteiger partial charge in [-0.3, -0.25) is 0 Å². The lowest BCUT2D eigenvalue weighted by molar-refractivity contribution is 0.872. The molecule has 94 valence electrons. The highest BCUT2D eigenvalue weighted by Gasteiger charge is 2.08. The lowest BCUT2D eigenvalue weighted by atomic mass is 10.1. The van der Waals surface area contributed by atoms with Crippen LogP contribution in [0.2, 0.25) is 0 Å². The average molecular weight is 370 g/mol. The van der Waals surface area contributed by atoms with E-state index in [1.54, 1.807) is 0 Å². The maximum Gasteiger partial charge on any atom is 0.140 e. The number of pyridine rings is 1. The molecule has 0 bridgehead atoms. The molecule has 4 heteroatoms. The SMILES string of the molecule is Cc1cnc(NC(C)c2ccc(Br)cc2)c(Br)c1. The lowest BCUT2D eigenvalue weighted by Gasteiger charge is -2.16. The van der Waals surface area contributed by atoms with Crippen LogP contribution < -0.4 is 5.32 Å². The molecule has 0 saturated carbocycles. The van der Waals surface area contributed by atoms with E-state index in [2.05, 4.69) is 67.3 Å². The van der Waals surface area contributed by atoms with Crippen molar-refractivity contribution in [1.29, 1.82) is 0 Å². The molecule has 1 N–H and O–H groups in total. The third kappa shape index (κ3) is 3.33. The van der Waals surface area contributed by atoms with Crippen LogP contribution in [-0.4, -0.2) is 4.98 Å². The van der Waals surface area contributed by atoms with Crippen molar-refractivity contribution >= 4 is 37.7 Å². The van der Waals surface area contributed by atoms with E-state index in [1.165, 1.54) is 5.56 Å². The van der Waals surface area contributed by atoms with Crippen molar-refractivity contribution in [1.82, 2.24) is 4.98 Å². The molecule has 1 aromatic heterocycles. The summed E-state index contributed by atoms with van der Waals surface area (Å²) in [7, 11) is 0. The summed E-state index contributed by atoms with van der Waals surface area (Å²) in [6.07, 6.45) is 1.86. The first kappa shape index (κ1) is 13.6. The van der Waals surface area contributed by atoms with Gasteiger partial charge in [0.25, 0.3) is 0 Å². The molecule has 2 aromatic rings. The van der Waals surface area contributed by atoms with E-state index in [4.69, 9.17) is 0 Å². The molecule has 0 fully saturated rings. The maximum absolute atomic E-state index is 4.39. The predicted octanol–water partition coefficient (Wildman–Crippen LogP) is 5.09. The molecule has 0 aliphatic rings. The summed E-state index contributed by atoms with van der Waals surface area (Å²) < 4.78 is 2.08. The number of benzene rings is 1. The third-order valence-electron chi connectivity index (χ3n) is 2.70. The van der Waals surface area contributed by atoms with Gasteiger partial charge in [-0.2, -0.15) is 0 Å². The summed E-state index contributed by atoms with van der Waals surface area (Å²) in [6.45, 7) is 4.15. The zero-order chi connectivity index (χ0) is 13.1. The van der Waals surface area contributed by atoms with Crippen molar-refractivity contribution in [3.8, 4) is 0 Å². The van der Waals surface area contributed by atoms with Gasteiger partial charge in [-0.25, -0.2) is 4.98 Å². The fourth-order valence-corrected chi connectivity index (χ4v) is 2.52. The van der Waals surface area contributed by atoms with Crippen LogP contribution in [0.4, 0.5) is 5.82 Å². The Morgan fingerprint density at radius 1 is 1.17 bits per heavy atom. The van der Waals surface area contributed by atoms with Crippen molar-refractivity contribution in [3.05, 3.63) is 56.6 Å². The number of aromatic nitrogens is 1. The van der Waals surface area contributed by atoms with Crippen LogP contribution in [0.5, 0.6) is 0 Å². The first-order valence-electron chi connectivity index (χ1n) is 5.70. The van der Waals surface area contributed by atoms with Gasteiger partial charge in [0.1, 0.15) is 5.82 Å². The molecule has 0 amide bonds. The second kappa shape index (κ2) is 5.85. The molecule has 0 aliphatic carbocycles. The maximum atomic E-state index is 4.39. The highest BCUT2D eigenvalue weighted by atomic mass is 79.9. The Balaban J connectivity index is 2.15. The predicted molar refractivity (Wildman–Crippen MR) is 82.9 cm³/mol. The standard InChI is InChI=1S/C14H14Br2N2/c1-9-7-13(16)14(17-8-9)18-10(2)11-3-5-12(15)6-4-11/h3-8,10H,1-2H3,(H,17,18). The zero-order valence-corrected chi connectivity index (χ0v) is 13.4. The molecule has 1 aromatic carbocycles. The van der Waals surface area contributed by atoms with Crippen LogP contribution in [-0.2, 0) is 0 Å². The van der Waals surface area contributed by atoms with Gasteiger partial charge < -0.3 is 5.32 Å². The van der Waals surface area contributed by atoms with Crippen LogP contribution in [0.1, 0.15) is 24.1 Å². The second-order valence-electron chi connectivity index (χ2n) is 4.26. The molecule has 0 spiro atoms. The zero-order valence-electron chi connectivity index (χ0n) is 10.2. The molecule has 18 heavy (non-hydrogen) atoms. The minimum Gasteiger partial charge on any atom is -0.363 e. The Morgan fingerprint density at radius 2 is 1.83 bits per heavy atom. The number of hydrogen-bond donors (Lipinski definition) is 1. The highest BCUT2D eigenvalue weighted by molar-refractivity contribution is 9.10. The van der Waals surface area contributed by atoms with E-state index in [9.17, 15) is 0 Å². The first-order valence-corrected chi connectivity index (χ1v) is 7.29. The van der Waals surface area contributed by atoms with E-state index in [0.29, 0.717) is 0 Å². The quantitative estimate of drug-likeness (QED) is 0.815. The molecule has 1 heterocycles. The first-order chi connectivity index (χ1) is 8.56. The smallest absolute Gasteiger partial charge is 0.140 e. The summed E-state index contributed by atoms with van der Waals surface area (Å²) >= 11 is 6.97. The third-order valence-corrected chi connectivity index (χ3v) is 3.83. The van der Waals surface area contributed by atoms with E-state index in [0.717, 1.165) is 20.3 Å². The van der Waals surface area contributed by atoms with Crippen molar-refractivity contribution in [3.63, 3.8) is 0 Å². The minimum absolute atomic E-state index is 0.213. The van der Waals surface area contributed by atoms with Crippen molar-refractivity contribution < 1.29 is 0 Å². The Kier molecular flexibility index (Phi) is 4.40. The number of nitrogens with one attached hydrogen (secondary N) is 1. The van der Waals surface area contributed by atoms with Gasteiger partial charge in [0.2, 0.25) is 0 Å². The number of hydrogen-bond acceptors (Lipinski definition) is 2. The van der Waals surface area contributed by atoms with E-state index in [1.807, 2.05) is 25.3 Å². The van der Waals surface area contributed by atoms with E-state index < -0.39 is 0 Å². The summed E-state index contributed by atoms with van der Waals surface area (Å²) in [5.41, 5.74) is 2.37. The number of nitrogens with zero attached hydrogens (tertiary/aromatic N) is 1. The molecule has 0 radical (unpaired) electrons. The molecular weight excluding hydrogens is 356 g/mol. The Labute approximate surface area is 124 Å². The molecule has 2 rings (SSSR count). The normalized spacial score (nSPS) is 12.2. The molecular formula is C14H14Br2N2. The van der Waals surface area contributed by atoms with Crippen molar-refractivity contribution in [2.45, 2.75) is 19.9 Å². The summed E-state index contributed by atoms with van der Waals surface area (Å²) in [6, 6.07) is 10.6. The Hall–Kier alpha value is -0.870. The number of aryl methyl sites for hydroxylation is 1. The number of anilines is 1. The Bertz CT molecular complexity index is 538. The average Bonchev–Trinajstić information content (AvgIpc) is 2.33. The number of halogens is 2. The monoisotopic (exact) mass is 368 g/mol. The second-order valence-corrected chi connectivity index (χ2v) is 6.03. The van der Waals surface area contributed by atoms with Gasteiger partial charge in [-0.1, -0.05) is 28.1 Å². The Morgan fingerprint density at radius 3 is 2.44 bits per heavy atom. The molecule has 2 nitrogen and oxygen atoms in total. The fraction of sp³-hybridized carbons (Fsp3) is 0.214. The van der Waals surface area contributed by atoms with Gasteiger partial charge in [0.05, 0.1) is 4.47 Å². The number of rotatable bonds is 3. The van der Waals surface area contributed by atoms with Crippen LogP contribution >= 0.6 is 31.9 Å². The van der Waals surface area contributed by atoms with Crippen LogP contribution in [0, 0.1) is 6.92 Å². The summed E-state index contributed by atoms with van der Waals surface area (Å²) in [5.74, 6) is 0.871. The summed E-state index contributed by atoms with van der Waals surface area (Å²) in [4.78, 5) is 4.39. The molecule has 1 atom stereocenters. The molecule has 0 saturated heterocycles. The molecule has 1 unspecified atom stereocenters. The van der Waals surface area contributed by atoms with Gasteiger partial charge in [-0.15, -0.1) is 0 Å². The van der Waals surface area contributed by atoms with E-state index in [-0.39, 0.29) is 6.04 Å². The van der Waals surface area contributed by atoms with Crippen LogP contribution in [0.15, 0.2) is 45.5 Å². The van der Waals surface area contributed by atoms with Crippen LogP contribution in [0.25, 0.3) is 0 Å². The topological polar surface area (TPSA) is 24.9 Å². The largest absolute Gasteiger partial charge is 0.363 e. The van der Waals surface area contributed by atoms with Gasteiger partial charge in [0, 0.05) is 16.7 Å². The highest BCUT2D eigenvalue weighted by Crippen LogP contribution is 2.25.